The van der Waals surface area contributed by atoms with E-state index in [-0.39, 0.29) is 0 Å². The van der Waals surface area contributed by atoms with Gasteiger partial charge in [0.2, 0.25) is 0 Å². The Labute approximate surface area is 73.6 Å². The molecule has 0 unspecified atom stereocenters. The Morgan fingerprint density at radius 3 is 1.71 bits per heavy atom. The Balaban J connectivity index is 0. The molecule has 0 aliphatic carbocycles. The van der Waals surface area contributed by atoms with E-state index in [1.165, 1.54) is 0 Å². The van der Waals surface area contributed by atoms with Crippen LogP contribution in [0, 0.1) is 0 Å². The van der Waals surface area contributed by atoms with Gasteiger partial charge in [0.25, 0.3) is 0 Å². The molecule has 4 heteroatoms. The number of nitrogens with zero attached hydrogens (tertiary/aromatic N) is 1. The van der Waals surface area contributed by atoms with Crippen LogP contribution < -0.4 is 0 Å². The van der Waals surface area contributed by atoms with Crippen molar-refractivity contribution in [3.05, 3.63) is 0 Å². The quantitative estimate of drug-likeness (QED) is 0.464. The van der Waals surface area contributed by atoms with Gasteiger partial charge in [0.05, 0.1) is 0 Å². The number of hydrogen-bond donors (Lipinski definition) is 0. The summed E-state index contributed by atoms with van der Waals surface area (Å²) < 4.78 is 0. The molecule has 43 valence electrons. The third-order valence-electron chi connectivity index (χ3n) is 0.258. The van der Waals surface area contributed by atoms with Crippen molar-refractivity contribution >= 4 is 46.2 Å². The zero-order chi connectivity index (χ0) is 6.12. The van der Waals surface area contributed by atoms with Crippen LogP contribution in [0.4, 0.5) is 0 Å². The molecule has 0 aliphatic rings. The number of hydrogen-bond acceptors (Lipinski definition) is 1. The molecule has 0 heterocycles. The molecule has 0 rings (SSSR count). The molecule has 0 aliphatic heterocycles. The van der Waals surface area contributed by atoms with Crippen LogP contribution in [0.25, 0.3) is 0 Å². The first-order chi connectivity index (χ1) is 3.33. The number of halogens is 2. The van der Waals surface area contributed by atoms with Crippen molar-refractivity contribution in [1.82, 2.24) is 0 Å². The fourth-order valence-corrected chi connectivity index (χ4v) is 0. The summed E-state index contributed by atoms with van der Waals surface area (Å²) in [7, 11) is 2.38. The second kappa shape index (κ2) is 15.6. The molecule has 7 heavy (non-hydrogen) atoms. The van der Waals surface area contributed by atoms with Gasteiger partial charge in [-0.15, -0.1) is 0 Å². The van der Waals surface area contributed by atoms with Crippen LogP contribution in [-0.4, -0.2) is 13.3 Å². The van der Waals surface area contributed by atoms with Crippen molar-refractivity contribution in [3.63, 3.8) is 0 Å². The minimum atomic E-state index is 0.628. The predicted octanol–water partition coefficient (Wildman–Crippen LogP) is 2.48. The third-order valence-corrected chi connectivity index (χ3v) is 0.258. The van der Waals surface area contributed by atoms with Crippen molar-refractivity contribution in [2.75, 3.05) is 7.05 Å². The van der Waals surface area contributed by atoms with E-state index in [9.17, 15) is 0 Å². The second-order valence-corrected chi connectivity index (χ2v) is 12.4. The molecular weight excluding hydrogens is 355 g/mol. The summed E-state index contributed by atoms with van der Waals surface area (Å²) in [6, 6.07) is 0. The molecule has 0 radical (unpaired) electrons. The van der Waals surface area contributed by atoms with Crippen LogP contribution in [0.15, 0.2) is 4.99 Å². The van der Waals surface area contributed by atoms with E-state index >= 15 is 0 Å². The van der Waals surface area contributed by atoms with Crippen molar-refractivity contribution < 1.29 is 9.47 Å². The Morgan fingerprint density at radius 2 is 1.71 bits per heavy atom. The minimum absolute atomic E-state index is 0.628. The van der Waals surface area contributed by atoms with Crippen molar-refractivity contribution in [1.29, 1.82) is 0 Å². The van der Waals surface area contributed by atoms with Crippen LogP contribution in [0.1, 0.15) is 6.92 Å². The van der Waals surface area contributed by atoms with Gasteiger partial charge in [0.15, 0.2) is 0 Å². The van der Waals surface area contributed by atoms with E-state index in [0.717, 1.165) is 0 Å². The summed E-state index contributed by atoms with van der Waals surface area (Å²) in [6.07, 6.45) is 1.75. The maximum atomic E-state index is 3.61. The molecule has 0 saturated carbocycles. The molecule has 0 N–H and O–H groups in total. The number of aliphatic imine (C=N–C) groups is 1. The molecule has 0 fully saturated rings. The molecule has 0 saturated heterocycles. The Bertz CT molecular complexity index is 35.9. The Morgan fingerprint density at radius 1 is 1.57 bits per heavy atom. The Hall–Kier alpha value is 1.71. The van der Waals surface area contributed by atoms with E-state index in [1.807, 2.05) is 6.92 Å². The van der Waals surface area contributed by atoms with E-state index in [4.69, 9.17) is 0 Å². The molecular formula is C3H7I2NV. The van der Waals surface area contributed by atoms with Gasteiger partial charge in [-0.2, -0.15) is 0 Å². The van der Waals surface area contributed by atoms with Crippen LogP contribution in [0.3, 0.4) is 0 Å². The summed E-state index contributed by atoms with van der Waals surface area (Å²) in [6.45, 7) is 1.89. The zero-order valence-electron chi connectivity index (χ0n) is 4.23. The van der Waals surface area contributed by atoms with E-state index < -0.39 is 0 Å². The van der Waals surface area contributed by atoms with Crippen molar-refractivity contribution in [3.8, 4) is 0 Å². The van der Waals surface area contributed by atoms with E-state index in [2.05, 4.69) is 45.0 Å². The average Bonchev–Trinajstić information content (AvgIpc) is 1.69. The van der Waals surface area contributed by atoms with Gasteiger partial charge in [-0.05, 0) is 13.1 Å². The molecule has 0 atom stereocenters. The predicted molar refractivity (Wildman–Crippen MR) is 48.1 cm³/mol. The molecule has 0 spiro atoms. The first-order valence-corrected chi connectivity index (χ1v) is 10.6. The first kappa shape index (κ1) is 11.5. The standard InChI is InChI=1S/C3H7N.2HI.V/c1-3-4-2;;;/h3H,1-2H3;2*1H;/q;;;+2/p-2. The molecule has 0 amide bonds. The summed E-state index contributed by atoms with van der Waals surface area (Å²) >= 11 is 4.74. The first-order valence-electron chi connectivity index (χ1n) is 1.62. The number of rotatable bonds is 0. The van der Waals surface area contributed by atoms with E-state index in [0.29, 0.717) is 9.47 Å². The van der Waals surface area contributed by atoms with Gasteiger partial charge in [-0.1, -0.05) is 0 Å². The second-order valence-electron chi connectivity index (χ2n) is 0.580. The van der Waals surface area contributed by atoms with Crippen LogP contribution >= 0.6 is 40.0 Å². The zero-order valence-corrected chi connectivity index (χ0v) is 9.94. The van der Waals surface area contributed by atoms with Crippen LogP contribution in [0.2, 0.25) is 0 Å². The summed E-state index contributed by atoms with van der Waals surface area (Å²) in [5.41, 5.74) is 0. The average molecular weight is 362 g/mol. The monoisotopic (exact) mass is 362 g/mol. The summed E-state index contributed by atoms with van der Waals surface area (Å²) in [5.74, 6) is 0. The fraction of sp³-hybridized carbons (Fsp3) is 0.667. The van der Waals surface area contributed by atoms with Crippen molar-refractivity contribution in [2.24, 2.45) is 4.99 Å². The van der Waals surface area contributed by atoms with Gasteiger partial charge in [-0.25, -0.2) is 0 Å². The maximum absolute atomic E-state index is 3.61. The molecule has 0 bridgehead atoms. The normalized spacial score (nSPS) is 7.43. The summed E-state index contributed by atoms with van der Waals surface area (Å²) in [4.78, 5) is 3.61. The molecule has 0 aromatic rings. The van der Waals surface area contributed by atoms with Crippen LogP contribution in [-0.2, 0) is 9.47 Å². The van der Waals surface area contributed by atoms with Crippen molar-refractivity contribution in [2.45, 2.75) is 6.92 Å². The molecule has 0 aromatic carbocycles. The fourth-order valence-electron chi connectivity index (χ4n) is 0. The van der Waals surface area contributed by atoms with Crippen LogP contribution in [0.5, 0.6) is 0 Å². The third kappa shape index (κ3) is 34.2. The molecule has 0 aromatic heterocycles. The van der Waals surface area contributed by atoms with Gasteiger partial charge in [0.1, 0.15) is 0 Å². The molecule has 1 nitrogen and oxygen atoms in total. The Kier molecular flexibility index (Phi) is 25.7. The van der Waals surface area contributed by atoms with Gasteiger partial charge in [-0.3, -0.25) is 0 Å². The van der Waals surface area contributed by atoms with Gasteiger partial charge >= 0.3 is 49.4 Å². The van der Waals surface area contributed by atoms with E-state index in [1.54, 1.807) is 13.3 Å². The topological polar surface area (TPSA) is 12.4 Å². The van der Waals surface area contributed by atoms with Gasteiger partial charge in [0, 0.05) is 7.05 Å². The summed E-state index contributed by atoms with van der Waals surface area (Å²) in [5, 5.41) is 0. The SMILES string of the molecule is CC=NC.[I][V][I]. The van der Waals surface area contributed by atoms with Gasteiger partial charge < -0.3 is 4.99 Å².